The minimum atomic E-state index is -2.57. The van der Waals surface area contributed by atoms with Crippen molar-refractivity contribution in [3.05, 3.63) is 0 Å². The van der Waals surface area contributed by atoms with E-state index in [0.717, 1.165) is 12.8 Å². The molecule has 0 radical (unpaired) electrons. The minimum absolute atomic E-state index is 0.197. The largest absolute Gasteiger partial charge is 0.518 e. The summed E-state index contributed by atoms with van der Waals surface area (Å²) in [5.41, 5.74) is 0.197. The van der Waals surface area contributed by atoms with Crippen molar-refractivity contribution in [3.63, 3.8) is 0 Å². The van der Waals surface area contributed by atoms with Crippen molar-refractivity contribution in [2.24, 2.45) is 0 Å². The highest BCUT2D eigenvalue weighted by Gasteiger charge is 2.48. The first-order valence-electron chi connectivity index (χ1n) is 6.79. The number of hydrogen-bond donors (Lipinski definition) is 1. The molecule has 0 aromatic rings. The second-order valence-corrected chi connectivity index (χ2v) is 6.66. The molecule has 4 nitrogen and oxygen atoms in total. The molecule has 0 aliphatic heterocycles. The Morgan fingerprint density at radius 3 is 1.71 bits per heavy atom. The van der Waals surface area contributed by atoms with Crippen LogP contribution in [0.2, 0.25) is 0 Å². The fourth-order valence-electron chi connectivity index (χ4n) is 1.94. The molecule has 0 amide bonds. The molecule has 17 heavy (non-hydrogen) atoms. The summed E-state index contributed by atoms with van der Waals surface area (Å²) in [5.74, 6) is 0. The maximum atomic E-state index is 5.89. The van der Waals surface area contributed by atoms with Gasteiger partial charge in [0.05, 0.1) is 5.67 Å². The topological polar surface area (TPSA) is 39.7 Å². The van der Waals surface area contributed by atoms with E-state index in [0.29, 0.717) is 19.8 Å². The monoisotopic (exact) mass is 263 g/mol. The Morgan fingerprint density at radius 1 is 0.941 bits per heavy atom. The molecule has 0 rings (SSSR count). The first-order chi connectivity index (χ1) is 8.20. The van der Waals surface area contributed by atoms with Crippen LogP contribution in [0.1, 0.15) is 47.0 Å². The molecule has 0 saturated carbocycles. The van der Waals surface area contributed by atoms with E-state index in [4.69, 9.17) is 13.3 Å². The summed E-state index contributed by atoms with van der Waals surface area (Å²) in [7, 11) is -0.616. The molecule has 0 aliphatic rings. The van der Waals surface area contributed by atoms with Gasteiger partial charge in [-0.05, 0) is 34.2 Å². The van der Waals surface area contributed by atoms with E-state index >= 15 is 0 Å². The summed E-state index contributed by atoms with van der Waals surface area (Å²) in [4.78, 5) is 0. The predicted octanol–water partition coefficient (Wildman–Crippen LogP) is 2.35. The van der Waals surface area contributed by atoms with Crippen molar-refractivity contribution in [1.82, 2.24) is 5.32 Å². The van der Waals surface area contributed by atoms with Crippen LogP contribution in [0.15, 0.2) is 0 Å². The second-order valence-electron chi connectivity index (χ2n) is 3.89. The van der Waals surface area contributed by atoms with Gasteiger partial charge in [0.1, 0.15) is 0 Å². The molecule has 0 bridgehead atoms. The molecule has 0 aromatic carbocycles. The Bertz CT molecular complexity index is 164. The summed E-state index contributed by atoms with van der Waals surface area (Å²) < 4.78 is 17.7. The molecule has 5 heteroatoms. The third kappa shape index (κ3) is 5.48. The highest BCUT2D eigenvalue weighted by atomic mass is 28.4. The summed E-state index contributed by atoms with van der Waals surface area (Å²) in [6, 6.07) is 0. The van der Waals surface area contributed by atoms with Crippen LogP contribution in [0.3, 0.4) is 0 Å². The standard InChI is InChI=1S/C12H29NO3Si/c1-6-10-11-12(13-5)17(14-7-2,15-8-3)16-9-4/h12-13H,6-11H2,1-5H3. The second kappa shape index (κ2) is 10.0. The zero-order chi connectivity index (χ0) is 13.1. The van der Waals surface area contributed by atoms with Gasteiger partial charge in [-0.25, -0.2) is 0 Å². The summed E-state index contributed by atoms with van der Waals surface area (Å²) in [6.07, 6.45) is 3.37. The Morgan fingerprint density at radius 2 is 1.41 bits per heavy atom. The maximum absolute atomic E-state index is 5.89. The lowest BCUT2D eigenvalue weighted by Crippen LogP contribution is -2.61. The molecule has 0 heterocycles. The van der Waals surface area contributed by atoms with E-state index < -0.39 is 8.80 Å². The van der Waals surface area contributed by atoms with Gasteiger partial charge in [-0.2, -0.15) is 0 Å². The lowest BCUT2D eigenvalue weighted by atomic mass is 10.2. The molecule has 1 atom stereocenters. The van der Waals surface area contributed by atoms with Crippen molar-refractivity contribution < 1.29 is 13.3 Å². The van der Waals surface area contributed by atoms with Gasteiger partial charge in [0.25, 0.3) is 0 Å². The zero-order valence-corrected chi connectivity index (χ0v) is 13.0. The van der Waals surface area contributed by atoms with Gasteiger partial charge in [0.2, 0.25) is 0 Å². The molecule has 1 unspecified atom stereocenters. The lowest BCUT2D eigenvalue weighted by molar-refractivity contribution is 0.0575. The van der Waals surface area contributed by atoms with Crippen molar-refractivity contribution >= 4 is 8.80 Å². The molecule has 0 spiro atoms. The Kier molecular flexibility index (Phi) is 10.1. The van der Waals surface area contributed by atoms with Crippen molar-refractivity contribution in [2.45, 2.75) is 52.6 Å². The van der Waals surface area contributed by atoms with E-state index in [2.05, 4.69) is 12.2 Å². The highest BCUT2D eigenvalue weighted by molar-refractivity contribution is 6.62. The quantitative estimate of drug-likeness (QED) is 0.581. The van der Waals surface area contributed by atoms with E-state index in [-0.39, 0.29) is 5.67 Å². The SMILES string of the molecule is CCCCC(NC)[Si](OCC)(OCC)OCC. The molecule has 0 aliphatic carbocycles. The van der Waals surface area contributed by atoms with Gasteiger partial charge in [0.15, 0.2) is 0 Å². The molecular weight excluding hydrogens is 234 g/mol. The minimum Gasteiger partial charge on any atom is -0.373 e. The fraction of sp³-hybridized carbons (Fsp3) is 1.00. The lowest BCUT2D eigenvalue weighted by Gasteiger charge is -2.35. The Hall–Kier alpha value is 0.0569. The summed E-state index contributed by atoms with van der Waals surface area (Å²) in [6.45, 7) is 10.1. The van der Waals surface area contributed by atoms with E-state index in [1.807, 2.05) is 27.8 Å². The van der Waals surface area contributed by atoms with Crippen LogP contribution in [-0.2, 0) is 13.3 Å². The zero-order valence-electron chi connectivity index (χ0n) is 12.0. The van der Waals surface area contributed by atoms with Crippen LogP contribution in [-0.4, -0.2) is 41.3 Å². The van der Waals surface area contributed by atoms with E-state index in [9.17, 15) is 0 Å². The van der Waals surface area contributed by atoms with Gasteiger partial charge in [0, 0.05) is 19.8 Å². The third-order valence-electron chi connectivity index (χ3n) is 2.66. The Balaban J connectivity index is 4.76. The molecule has 0 fully saturated rings. The predicted molar refractivity (Wildman–Crippen MR) is 73.0 cm³/mol. The average Bonchev–Trinajstić information content (AvgIpc) is 2.31. The maximum Gasteiger partial charge on any atom is 0.518 e. The van der Waals surface area contributed by atoms with Crippen LogP contribution >= 0.6 is 0 Å². The number of nitrogens with one attached hydrogen (secondary N) is 1. The summed E-state index contributed by atoms with van der Waals surface area (Å²) in [5, 5.41) is 3.32. The van der Waals surface area contributed by atoms with Gasteiger partial charge in [-0.15, -0.1) is 0 Å². The molecular formula is C12H29NO3Si. The van der Waals surface area contributed by atoms with Crippen LogP contribution in [0, 0.1) is 0 Å². The normalized spacial score (nSPS) is 13.9. The van der Waals surface area contributed by atoms with Gasteiger partial charge in [-0.1, -0.05) is 19.8 Å². The van der Waals surface area contributed by atoms with Crippen LogP contribution in [0.25, 0.3) is 0 Å². The number of rotatable bonds is 11. The van der Waals surface area contributed by atoms with Crippen molar-refractivity contribution in [3.8, 4) is 0 Å². The fourth-order valence-corrected chi connectivity index (χ4v) is 4.91. The van der Waals surface area contributed by atoms with Gasteiger partial charge in [-0.3, -0.25) is 0 Å². The Labute approximate surface area is 107 Å². The third-order valence-corrected chi connectivity index (χ3v) is 6.16. The smallest absolute Gasteiger partial charge is 0.373 e. The average molecular weight is 263 g/mol. The van der Waals surface area contributed by atoms with Crippen LogP contribution in [0.5, 0.6) is 0 Å². The van der Waals surface area contributed by atoms with Gasteiger partial charge >= 0.3 is 8.80 Å². The number of unbranched alkanes of at least 4 members (excludes halogenated alkanes) is 1. The molecule has 104 valence electrons. The van der Waals surface area contributed by atoms with E-state index in [1.165, 1.54) is 6.42 Å². The number of hydrogen-bond acceptors (Lipinski definition) is 4. The van der Waals surface area contributed by atoms with E-state index in [1.54, 1.807) is 0 Å². The first kappa shape index (κ1) is 17.1. The van der Waals surface area contributed by atoms with Crippen LogP contribution in [0.4, 0.5) is 0 Å². The van der Waals surface area contributed by atoms with Crippen molar-refractivity contribution in [2.75, 3.05) is 26.9 Å². The van der Waals surface area contributed by atoms with Crippen LogP contribution < -0.4 is 5.32 Å². The molecule has 1 N–H and O–H groups in total. The van der Waals surface area contributed by atoms with Crippen molar-refractivity contribution in [1.29, 1.82) is 0 Å². The first-order valence-corrected chi connectivity index (χ1v) is 8.59. The highest BCUT2D eigenvalue weighted by Crippen LogP contribution is 2.19. The molecule has 0 aromatic heterocycles. The molecule has 0 saturated heterocycles. The summed E-state index contributed by atoms with van der Waals surface area (Å²) >= 11 is 0. The van der Waals surface area contributed by atoms with Gasteiger partial charge < -0.3 is 18.6 Å².